The zero-order valence-corrected chi connectivity index (χ0v) is 15.6. The van der Waals surface area contributed by atoms with Crippen LogP contribution in [-0.2, 0) is 19.0 Å². The first-order valence-corrected chi connectivity index (χ1v) is 9.97. The Morgan fingerprint density at radius 3 is 2.38 bits per heavy atom. The molecule has 0 saturated carbocycles. The highest BCUT2D eigenvalue weighted by atomic mass is 32.2. The SMILES string of the molecule is CCCCCCC(CCC)OS(=O)(=O)c1ccccc1C(=O)OC. The summed E-state index contributed by atoms with van der Waals surface area (Å²) in [4.78, 5) is 11.7. The molecule has 6 heteroatoms. The summed E-state index contributed by atoms with van der Waals surface area (Å²) in [6.07, 6.45) is 6.13. The lowest BCUT2D eigenvalue weighted by atomic mass is 10.1. The molecular weight excluding hydrogens is 328 g/mol. The normalized spacial score (nSPS) is 12.8. The van der Waals surface area contributed by atoms with Crippen LogP contribution in [0.1, 0.15) is 69.2 Å². The van der Waals surface area contributed by atoms with Crippen LogP contribution in [0.3, 0.4) is 0 Å². The van der Waals surface area contributed by atoms with Crippen LogP contribution in [0, 0.1) is 0 Å². The van der Waals surface area contributed by atoms with Gasteiger partial charge in [-0.2, -0.15) is 8.42 Å². The number of unbranched alkanes of at least 4 members (excludes halogenated alkanes) is 3. The summed E-state index contributed by atoms with van der Waals surface area (Å²) >= 11 is 0. The fourth-order valence-electron chi connectivity index (χ4n) is 2.56. The molecule has 0 aliphatic heterocycles. The minimum Gasteiger partial charge on any atom is -0.465 e. The number of hydrogen-bond donors (Lipinski definition) is 0. The summed E-state index contributed by atoms with van der Waals surface area (Å²) in [5, 5.41) is 0. The molecule has 1 rings (SSSR count). The molecule has 0 saturated heterocycles. The summed E-state index contributed by atoms with van der Waals surface area (Å²) in [6, 6.07) is 5.97. The molecule has 0 bridgehead atoms. The van der Waals surface area contributed by atoms with E-state index in [0.717, 1.165) is 32.1 Å². The first-order valence-electron chi connectivity index (χ1n) is 8.56. The van der Waals surface area contributed by atoms with Gasteiger partial charge in [0, 0.05) is 0 Å². The average Bonchev–Trinajstić information content (AvgIpc) is 2.58. The Balaban J connectivity index is 2.91. The highest BCUT2D eigenvalue weighted by Gasteiger charge is 2.26. The predicted octanol–water partition coefficient (Wildman–Crippen LogP) is 4.32. The molecule has 1 atom stereocenters. The third-order valence-corrected chi connectivity index (χ3v) is 5.23. The smallest absolute Gasteiger partial charge is 0.339 e. The van der Waals surface area contributed by atoms with Crippen LogP contribution in [0.5, 0.6) is 0 Å². The van der Waals surface area contributed by atoms with Crippen molar-refractivity contribution < 1.29 is 22.1 Å². The van der Waals surface area contributed by atoms with Gasteiger partial charge in [0.1, 0.15) is 4.90 Å². The molecule has 1 aromatic rings. The molecule has 0 N–H and O–H groups in total. The Morgan fingerprint density at radius 2 is 1.75 bits per heavy atom. The molecule has 0 fully saturated rings. The van der Waals surface area contributed by atoms with E-state index in [4.69, 9.17) is 4.18 Å². The molecule has 24 heavy (non-hydrogen) atoms. The molecule has 0 radical (unpaired) electrons. The van der Waals surface area contributed by atoms with Gasteiger partial charge >= 0.3 is 5.97 Å². The van der Waals surface area contributed by atoms with Crippen LogP contribution in [0.4, 0.5) is 0 Å². The Labute approximate surface area is 145 Å². The lowest BCUT2D eigenvalue weighted by Gasteiger charge is -2.18. The molecule has 0 aliphatic carbocycles. The van der Waals surface area contributed by atoms with E-state index in [2.05, 4.69) is 11.7 Å². The van der Waals surface area contributed by atoms with Gasteiger partial charge in [-0.15, -0.1) is 0 Å². The van der Waals surface area contributed by atoms with Gasteiger partial charge in [0.15, 0.2) is 0 Å². The zero-order valence-electron chi connectivity index (χ0n) is 14.8. The predicted molar refractivity (Wildman–Crippen MR) is 93.5 cm³/mol. The molecule has 0 aliphatic rings. The number of methoxy groups -OCH3 is 1. The van der Waals surface area contributed by atoms with Gasteiger partial charge < -0.3 is 4.74 Å². The van der Waals surface area contributed by atoms with E-state index < -0.39 is 16.1 Å². The van der Waals surface area contributed by atoms with Crippen LogP contribution in [0.15, 0.2) is 29.2 Å². The van der Waals surface area contributed by atoms with E-state index >= 15 is 0 Å². The second-order valence-corrected chi connectivity index (χ2v) is 7.34. The molecule has 0 amide bonds. The Bertz CT molecular complexity index is 610. The van der Waals surface area contributed by atoms with Crippen molar-refractivity contribution in [1.29, 1.82) is 0 Å². The van der Waals surface area contributed by atoms with E-state index in [1.807, 2.05) is 6.92 Å². The fraction of sp³-hybridized carbons (Fsp3) is 0.611. The first-order chi connectivity index (χ1) is 11.5. The highest BCUT2D eigenvalue weighted by molar-refractivity contribution is 7.86. The van der Waals surface area contributed by atoms with Crippen molar-refractivity contribution in [3.05, 3.63) is 29.8 Å². The Hall–Kier alpha value is -1.40. The van der Waals surface area contributed by atoms with Gasteiger partial charge in [-0.25, -0.2) is 4.79 Å². The third-order valence-electron chi connectivity index (χ3n) is 3.81. The van der Waals surface area contributed by atoms with Gasteiger partial charge in [0.2, 0.25) is 0 Å². The number of carbonyl (C=O) groups is 1. The highest BCUT2D eigenvalue weighted by Crippen LogP contribution is 2.23. The largest absolute Gasteiger partial charge is 0.465 e. The van der Waals surface area contributed by atoms with Crippen LogP contribution in [0.25, 0.3) is 0 Å². The molecular formula is C18H28O5S. The molecule has 0 heterocycles. The summed E-state index contributed by atoms with van der Waals surface area (Å²) in [5.74, 6) is -0.687. The Morgan fingerprint density at radius 1 is 1.04 bits per heavy atom. The maximum absolute atomic E-state index is 12.6. The number of benzene rings is 1. The van der Waals surface area contributed by atoms with Crippen molar-refractivity contribution in [1.82, 2.24) is 0 Å². The number of carbonyl (C=O) groups excluding carboxylic acids is 1. The third kappa shape index (κ3) is 6.24. The van der Waals surface area contributed by atoms with Crippen molar-refractivity contribution in [2.24, 2.45) is 0 Å². The summed E-state index contributed by atoms with van der Waals surface area (Å²) in [7, 11) is -2.79. The summed E-state index contributed by atoms with van der Waals surface area (Å²) in [6.45, 7) is 4.13. The van der Waals surface area contributed by atoms with E-state index in [9.17, 15) is 13.2 Å². The van der Waals surface area contributed by atoms with Crippen LogP contribution in [0.2, 0.25) is 0 Å². The second-order valence-electron chi connectivity index (χ2n) is 5.80. The summed E-state index contributed by atoms with van der Waals surface area (Å²) < 4.78 is 35.3. The van der Waals surface area contributed by atoms with E-state index in [-0.39, 0.29) is 16.6 Å². The molecule has 1 unspecified atom stereocenters. The van der Waals surface area contributed by atoms with Crippen LogP contribution >= 0.6 is 0 Å². The molecule has 0 spiro atoms. The van der Waals surface area contributed by atoms with Gasteiger partial charge in [0.05, 0.1) is 18.8 Å². The lowest BCUT2D eigenvalue weighted by Crippen LogP contribution is -2.21. The van der Waals surface area contributed by atoms with Crippen LogP contribution < -0.4 is 0 Å². The maximum Gasteiger partial charge on any atom is 0.339 e. The lowest BCUT2D eigenvalue weighted by molar-refractivity contribution is 0.0595. The van der Waals surface area contributed by atoms with E-state index in [1.54, 1.807) is 12.1 Å². The van der Waals surface area contributed by atoms with Gasteiger partial charge in [0.25, 0.3) is 10.1 Å². The van der Waals surface area contributed by atoms with Crippen molar-refractivity contribution in [2.75, 3.05) is 7.11 Å². The minimum absolute atomic E-state index is 0.00114. The van der Waals surface area contributed by atoms with Gasteiger partial charge in [-0.05, 0) is 25.0 Å². The fourth-order valence-corrected chi connectivity index (χ4v) is 3.88. The number of rotatable bonds is 11. The molecule has 5 nitrogen and oxygen atoms in total. The monoisotopic (exact) mass is 356 g/mol. The molecule has 136 valence electrons. The number of esters is 1. The van der Waals surface area contributed by atoms with E-state index in [1.165, 1.54) is 19.2 Å². The average molecular weight is 356 g/mol. The topological polar surface area (TPSA) is 69.7 Å². The van der Waals surface area contributed by atoms with Gasteiger partial charge in [-0.1, -0.05) is 58.1 Å². The Kier molecular flexibility index (Phi) is 9.00. The molecule has 0 aromatic heterocycles. The van der Waals surface area contributed by atoms with Gasteiger partial charge in [-0.3, -0.25) is 4.18 Å². The van der Waals surface area contributed by atoms with Crippen molar-refractivity contribution in [3.63, 3.8) is 0 Å². The van der Waals surface area contributed by atoms with Crippen molar-refractivity contribution >= 4 is 16.1 Å². The van der Waals surface area contributed by atoms with Crippen LogP contribution in [-0.4, -0.2) is 27.6 Å². The minimum atomic E-state index is -4.01. The van der Waals surface area contributed by atoms with Crippen molar-refractivity contribution in [2.45, 2.75) is 69.8 Å². The first kappa shape index (κ1) is 20.6. The summed E-state index contributed by atoms with van der Waals surface area (Å²) in [5.41, 5.74) is 0.00114. The van der Waals surface area contributed by atoms with E-state index in [0.29, 0.717) is 12.8 Å². The maximum atomic E-state index is 12.6. The second kappa shape index (κ2) is 10.5. The van der Waals surface area contributed by atoms with Crippen molar-refractivity contribution in [3.8, 4) is 0 Å². The standard InChI is InChI=1S/C18H28O5S/c1-4-6-7-8-12-15(11-5-2)23-24(20,21)17-14-10-9-13-16(17)18(19)22-3/h9-10,13-15H,4-8,11-12H2,1-3H3. The number of hydrogen-bond acceptors (Lipinski definition) is 5. The zero-order chi connectivity index (χ0) is 18.0. The molecule has 1 aromatic carbocycles. The quantitative estimate of drug-likeness (QED) is 0.335. The number of ether oxygens (including phenoxy) is 1.